The van der Waals surface area contributed by atoms with E-state index in [1.807, 2.05) is 5.38 Å². The molecular weight excluding hydrogens is 306 g/mol. The monoisotopic (exact) mass is 323 g/mol. The van der Waals surface area contributed by atoms with Gasteiger partial charge in [-0.25, -0.2) is 4.98 Å². The molecule has 0 amide bonds. The second-order valence-electron chi connectivity index (χ2n) is 4.76. The SMILES string of the molecule is CN(Cc1cscn1)S(=O)(=O)N1CCCC(CCl)C1. The molecule has 1 unspecified atom stereocenters. The Bertz CT molecular complexity index is 492. The van der Waals surface area contributed by atoms with E-state index in [0.717, 1.165) is 18.5 Å². The van der Waals surface area contributed by atoms with E-state index in [1.54, 1.807) is 12.6 Å². The van der Waals surface area contributed by atoms with Crippen molar-refractivity contribution < 1.29 is 8.42 Å². The van der Waals surface area contributed by atoms with E-state index in [0.29, 0.717) is 25.5 Å². The third-order valence-corrected chi connectivity index (χ3v) is 6.26. The molecule has 2 heterocycles. The van der Waals surface area contributed by atoms with Crippen molar-refractivity contribution >= 4 is 33.1 Å². The van der Waals surface area contributed by atoms with Gasteiger partial charge in [-0.2, -0.15) is 17.0 Å². The van der Waals surface area contributed by atoms with Crippen molar-refractivity contribution in [3.8, 4) is 0 Å². The molecule has 1 saturated heterocycles. The normalized spacial score (nSPS) is 21.9. The number of halogens is 1. The highest BCUT2D eigenvalue weighted by molar-refractivity contribution is 7.86. The molecule has 1 aliphatic heterocycles. The molecule has 0 bridgehead atoms. The molecule has 1 aliphatic rings. The van der Waals surface area contributed by atoms with E-state index in [9.17, 15) is 8.42 Å². The van der Waals surface area contributed by atoms with Crippen molar-refractivity contribution in [2.75, 3.05) is 26.0 Å². The number of nitrogens with zero attached hydrogens (tertiary/aromatic N) is 3. The van der Waals surface area contributed by atoms with E-state index in [-0.39, 0.29) is 5.92 Å². The van der Waals surface area contributed by atoms with Gasteiger partial charge in [-0.05, 0) is 18.8 Å². The fourth-order valence-corrected chi connectivity index (χ4v) is 4.43. The zero-order chi connectivity index (χ0) is 13.9. The highest BCUT2D eigenvalue weighted by atomic mass is 35.5. The maximum Gasteiger partial charge on any atom is 0.282 e. The first kappa shape index (κ1) is 15.2. The predicted molar refractivity (Wildman–Crippen MR) is 77.5 cm³/mol. The van der Waals surface area contributed by atoms with Crippen LogP contribution in [0.3, 0.4) is 0 Å². The summed E-state index contributed by atoms with van der Waals surface area (Å²) in [4.78, 5) is 4.12. The van der Waals surface area contributed by atoms with E-state index in [2.05, 4.69) is 4.98 Å². The van der Waals surface area contributed by atoms with Crippen LogP contribution >= 0.6 is 22.9 Å². The van der Waals surface area contributed by atoms with Crippen LogP contribution in [-0.4, -0.2) is 48.0 Å². The fourth-order valence-electron chi connectivity index (χ4n) is 2.18. The van der Waals surface area contributed by atoms with E-state index in [1.165, 1.54) is 19.9 Å². The molecule has 0 aliphatic carbocycles. The zero-order valence-electron chi connectivity index (χ0n) is 10.8. The number of aromatic nitrogens is 1. The fraction of sp³-hybridized carbons (Fsp3) is 0.727. The largest absolute Gasteiger partial charge is 0.282 e. The van der Waals surface area contributed by atoms with Gasteiger partial charge in [-0.1, -0.05) is 0 Å². The van der Waals surface area contributed by atoms with Crippen molar-refractivity contribution in [2.45, 2.75) is 19.4 Å². The summed E-state index contributed by atoms with van der Waals surface area (Å²) in [7, 11) is -1.81. The Morgan fingerprint density at radius 2 is 2.42 bits per heavy atom. The van der Waals surface area contributed by atoms with Crippen LogP contribution in [0.5, 0.6) is 0 Å². The van der Waals surface area contributed by atoms with Gasteiger partial charge in [0.2, 0.25) is 0 Å². The molecule has 0 saturated carbocycles. The number of hydrogen-bond acceptors (Lipinski definition) is 4. The van der Waals surface area contributed by atoms with Crippen LogP contribution in [0.25, 0.3) is 0 Å². The molecule has 1 aromatic rings. The van der Waals surface area contributed by atoms with E-state index < -0.39 is 10.2 Å². The van der Waals surface area contributed by atoms with Crippen molar-refractivity contribution in [1.82, 2.24) is 13.6 Å². The molecule has 1 atom stereocenters. The smallest absolute Gasteiger partial charge is 0.248 e. The zero-order valence-corrected chi connectivity index (χ0v) is 13.2. The van der Waals surface area contributed by atoms with Crippen molar-refractivity contribution in [3.05, 3.63) is 16.6 Å². The summed E-state index contributed by atoms with van der Waals surface area (Å²) in [5.41, 5.74) is 2.49. The van der Waals surface area contributed by atoms with Gasteiger partial charge in [0.05, 0.1) is 17.7 Å². The Balaban J connectivity index is 2.04. The van der Waals surface area contributed by atoms with Crippen molar-refractivity contribution in [1.29, 1.82) is 0 Å². The number of piperidine rings is 1. The van der Waals surface area contributed by atoms with Crippen molar-refractivity contribution in [2.24, 2.45) is 5.92 Å². The lowest BCUT2D eigenvalue weighted by Gasteiger charge is -2.33. The lowest BCUT2D eigenvalue weighted by atomic mass is 10.0. The van der Waals surface area contributed by atoms with Gasteiger partial charge >= 0.3 is 0 Å². The average molecular weight is 324 g/mol. The van der Waals surface area contributed by atoms with Gasteiger partial charge in [0.15, 0.2) is 0 Å². The summed E-state index contributed by atoms with van der Waals surface area (Å²) in [6, 6.07) is 0. The van der Waals surface area contributed by atoms with E-state index in [4.69, 9.17) is 11.6 Å². The molecular formula is C11H18ClN3O2S2. The molecule has 19 heavy (non-hydrogen) atoms. The third kappa shape index (κ3) is 3.66. The summed E-state index contributed by atoms with van der Waals surface area (Å²) in [5.74, 6) is 0.778. The van der Waals surface area contributed by atoms with Gasteiger partial charge in [-0.3, -0.25) is 0 Å². The molecule has 0 aromatic carbocycles. The van der Waals surface area contributed by atoms with Crippen LogP contribution < -0.4 is 0 Å². The van der Waals surface area contributed by atoms with Gasteiger partial charge in [0.25, 0.3) is 10.2 Å². The second-order valence-corrected chi connectivity index (χ2v) is 7.83. The number of hydrogen-bond donors (Lipinski definition) is 0. The minimum absolute atomic E-state index is 0.262. The summed E-state index contributed by atoms with van der Waals surface area (Å²) >= 11 is 7.31. The van der Waals surface area contributed by atoms with Crippen LogP contribution in [0.1, 0.15) is 18.5 Å². The van der Waals surface area contributed by atoms with Gasteiger partial charge < -0.3 is 0 Å². The number of alkyl halides is 1. The molecule has 0 radical (unpaired) electrons. The Morgan fingerprint density at radius 1 is 1.63 bits per heavy atom. The highest BCUT2D eigenvalue weighted by Gasteiger charge is 2.31. The third-order valence-electron chi connectivity index (χ3n) is 3.29. The molecule has 5 nitrogen and oxygen atoms in total. The quantitative estimate of drug-likeness (QED) is 0.776. The molecule has 0 spiro atoms. The Kier molecular flexibility index (Phi) is 5.19. The first-order chi connectivity index (χ1) is 9.04. The van der Waals surface area contributed by atoms with Crippen LogP contribution in [-0.2, 0) is 16.8 Å². The summed E-state index contributed by atoms with van der Waals surface area (Å²) < 4.78 is 27.8. The molecule has 1 fully saturated rings. The second kappa shape index (κ2) is 6.49. The summed E-state index contributed by atoms with van der Waals surface area (Å²) in [6.45, 7) is 1.41. The Labute approximate surface area is 123 Å². The van der Waals surface area contributed by atoms with Crippen LogP contribution in [0.15, 0.2) is 10.9 Å². The van der Waals surface area contributed by atoms with Gasteiger partial charge in [-0.15, -0.1) is 22.9 Å². The highest BCUT2D eigenvalue weighted by Crippen LogP contribution is 2.22. The number of rotatable bonds is 5. The average Bonchev–Trinajstić information content (AvgIpc) is 2.91. The van der Waals surface area contributed by atoms with Gasteiger partial charge in [0, 0.05) is 31.4 Å². The first-order valence-corrected chi connectivity index (χ1v) is 9.06. The van der Waals surface area contributed by atoms with Crippen LogP contribution in [0, 0.1) is 5.92 Å². The minimum Gasteiger partial charge on any atom is -0.248 e. The maximum atomic E-state index is 12.5. The van der Waals surface area contributed by atoms with Crippen LogP contribution in [0.4, 0.5) is 0 Å². The Hall–Kier alpha value is -0.210. The van der Waals surface area contributed by atoms with Gasteiger partial charge in [0.1, 0.15) is 0 Å². The maximum absolute atomic E-state index is 12.5. The standard InChI is InChI=1S/C11H18ClN3O2S2/c1-14(7-11-8-18-9-13-11)19(16,17)15-4-2-3-10(5-12)6-15/h8-10H,2-7H2,1H3. The Morgan fingerprint density at radius 3 is 3.05 bits per heavy atom. The topological polar surface area (TPSA) is 53.5 Å². The molecule has 2 rings (SSSR count). The van der Waals surface area contributed by atoms with E-state index >= 15 is 0 Å². The summed E-state index contributed by atoms with van der Waals surface area (Å²) in [6.07, 6.45) is 1.88. The lowest BCUT2D eigenvalue weighted by molar-refractivity contribution is 0.264. The molecule has 108 valence electrons. The predicted octanol–water partition coefficient (Wildman–Crippen LogP) is 1.77. The van der Waals surface area contributed by atoms with Crippen molar-refractivity contribution in [3.63, 3.8) is 0 Å². The summed E-state index contributed by atoms with van der Waals surface area (Å²) in [5, 5.41) is 1.86. The first-order valence-electron chi connectivity index (χ1n) is 6.18. The lowest BCUT2D eigenvalue weighted by Crippen LogP contribution is -2.46. The van der Waals surface area contributed by atoms with Crippen LogP contribution in [0.2, 0.25) is 0 Å². The molecule has 0 N–H and O–H groups in total. The molecule has 1 aromatic heterocycles. The number of thiazole rings is 1. The minimum atomic E-state index is -3.41. The molecule has 8 heteroatoms.